The molecule has 5 heteroatoms. The second-order valence-electron chi connectivity index (χ2n) is 7.80. The van der Waals surface area contributed by atoms with E-state index >= 15 is 0 Å². The van der Waals surface area contributed by atoms with E-state index in [1.54, 1.807) is 0 Å². The molecule has 1 fully saturated rings. The molecule has 1 amide bonds. The van der Waals surface area contributed by atoms with Gasteiger partial charge in [-0.2, -0.15) is 0 Å². The van der Waals surface area contributed by atoms with E-state index in [0.717, 1.165) is 16.6 Å². The molecule has 3 rings (SSSR count). The zero-order valence-electron chi connectivity index (χ0n) is 16.1. The minimum absolute atomic E-state index is 0.0612. The van der Waals surface area contributed by atoms with Gasteiger partial charge in [0.15, 0.2) is 0 Å². The van der Waals surface area contributed by atoms with Gasteiger partial charge in [0.2, 0.25) is 5.91 Å². The van der Waals surface area contributed by atoms with Gasteiger partial charge < -0.3 is 14.6 Å². The number of rotatable bonds is 4. The Hall–Kier alpha value is -2.11. The average Bonchev–Trinajstić information content (AvgIpc) is 2.81. The highest BCUT2D eigenvalue weighted by Crippen LogP contribution is 2.36. The maximum atomic E-state index is 11.7. The molecule has 1 aliphatic rings. The third-order valence-electron chi connectivity index (χ3n) is 5.28. The minimum atomic E-state index is -0.384. The molecule has 2 aromatic carbocycles. The summed E-state index contributed by atoms with van der Waals surface area (Å²) in [5.74, 6) is -0.0612. The van der Waals surface area contributed by atoms with E-state index in [4.69, 9.17) is 9.31 Å². The standard InChI is InChI=1S/C21H26BNO3/c1-15(24)23-19(16-9-7-6-8-10-16)17-11-13-18(14-12-17)22-25-20(2,3)21(4,5)26-22/h6-14,19H,1-5H3,(H,23,24)/t19-/m1/s1. The Morgan fingerprint density at radius 3 is 1.88 bits per heavy atom. The first-order valence-corrected chi connectivity index (χ1v) is 8.97. The van der Waals surface area contributed by atoms with Crippen LogP contribution in [0, 0.1) is 0 Å². The van der Waals surface area contributed by atoms with Crippen molar-refractivity contribution >= 4 is 18.5 Å². The Morgan fingerprint density at radius 2 is 1.38 bits per heavy atom. The molecule has 0 bridgehead atoms. The van der Waals surface area contributed by atoms with Crippen molar-refractivity contribution in [2.45, 2.75) is 51.9 Å². The van der Waals surface area contributed by atoms with Gasteiger partial charge in [0.05, 0.1) is 17.2 Å². The fraction of sp³-hybridized carbons (Fsp3) is 0.381. The second-order valence-corrected chi connectivity index (χ2v) is 7.80. The predicted octanol–water partition coefficient (Wildman–Crippen LogP) is 3.21. The molecular formula is C21H26BNO3. The fourth-order valence-electron chi connectivity index (χ4n) is 3.03. The summed E-state index contributed by atoms with van der Waals surface area (Å²) in [5, 5.41) is 3.03. The lowest BCUT2D eigenvalue weighted by molar-refractivity contribution is -0.119. The summed E-state index contributed by atoms with van der Waals surface area (Å²) in [4.78, 5) is 11.7. The highest BCUT2D eigenvalue weighted by atomic mass is 16.7. The molecule has 0 radical (unpaired) electrons. The Morgan fingerprint density at radius 1 is 0.885 bits per heavy atom. The van der Waals surface area contributed by atoms with E-state index in [1.807, 2.05) is 82.3 Å². The van der Waals surface area contributed by atoms with Crippen LogP contribution in [0.5, 0.6) is 0 Å². The number of carbonyl (C=O) groups excluding carboxylic acids is 1. The number of amides is 1. The normalized spacial score (nSPS) is 19.2. The number of carbonyl (C=O) groups is 1. The van der Waals surface area contributed by atoms with Crippen LogP contribution in [-0.2, 0) is 14.1 Å². The summed E-state index contributed by atoms with van der Waals surface area (Å²) in [5.41, 5.74) is 2.32. The van der Waals surface area contributed by atoms with E-state index in [1.165, 1.54) is 6.92 Å². The van der Waals surface area contributed by atoms with E-state index in [-0.39, 0.29) is 30.3 Å². The van der Waals surface area contributed by atoms with Crippen molar-refractivity contribution in [1.82, 2.24) is 5.32 Å². The summed E-state index contributed by atoms with van der Waals surface area (Å²) in [7, 11) is -0.384. The van der Waals surface area contributed by atoms with Crippen LogP contribution in [0.2, 0.25) is 0 Å². The average molecular weight is 351 g/mol. The van der Waals surface area contributed by atoms with E-state index < -0.39 is 0 Å². The number of hydrogen-bond donors (Lipinski definition) is 1. The lowest BCUT2D eigenvalue weighted by Crippen LogP contribution is -2.41. The Labute approximate surface area is 156 Å². The summed E-state index contributed by atoms with van der Waals surface area (Å²) in [6, 6.07) is 17.8. The van der Waals surface area contributed by atoms with E-state index in [2.05, 4.69) is 5.32 Å². The van der Waals surface area contributed by atoms with Gasteiger partial charge in [0, 0.05) is 6.92 Å². The van der Waals surface area contributed by atoms with Crippen molar-refractivity contribution in [1.29, 1.82) is 0 Å². The molecule has 0 unspecified atom stereocenters. The predicted molar refractivity (Wildman–Crippen MR) is 104 cm³/mol. The summed E-state index contributed by atoms with van der Waals surface area (Å²) in [6.07, 6.45) is 0. The highest BCUT2D eigenvalue weighted by molar-refractivity contribution is 6.62. The van der Waals surface area contributed by atoms with Gasteiger partial charge in [-0.05, 0) is 44.3 Å². The molecule has 4 nitrogen and oxygen atoms in total. The third kappa shape index (κ3) is 3.69. The van der Waals surface area contributed by atoms with Crippen molar-refractivity contribution in [3.8, 4) is 0 Å². The first-order chi connectivity index (χ1) is 12.2. The molecule has 1 saturated heterocycles. The third-order valence-corrected chi connectivity index (χ3v) is 5.28. The Kier molecular flexibility index (Phi) is 4.95. The van der Waals surface area contributed by atoms with Crippen LogP contribution >= 0.6 is 0 Å². The quantitative estimate of drug-likeness (QED) is 0.861. The van der Waals surface area contributed by atoms with Crippen LogP contribution in [0.25, 0.3) is 0 Å². The molecule has 1 N–H and O–H groups in total. The number of benzene rings is 2. The van der Waals surface area contributed by atoms with Crippen LogP contribution in [0.15, 0.2) is 54.6 Å². The Bertz CT molecular complexity index is 756. The van der Waals surface area contributed by atoms with Crippen LogP contribution in [0.4, 0.5) is 0 Å². The summed E-state index contributed by atoms with van der Waals surface area (Å²) < 4.78 is 12.2. The molecule has 1 heterocycles. The SMILES string of the molecule is CC(=O)N[C@H](c1ccccc1)c1ccc(B2OC(C)(C)C(C)(C)O2)cc1. The maximum absolute atomic E-state index is 11.7. The van der Waals surface area contributed by atoms with Gasteiger partial charge in [0.1, 0.15) is 0 Å². The molecule has 0 spiro atoms. The van der Waals surface area contributed by atoms with Crippen LogP contribution in [-0.4, -0.2) is 24.2 Å². The number of nitrogens with one attached hydrogen (secondary N) is 1. The second kappa shape index (κ2) is 6.90. The topological polar surface area (TPSA) is 47.6 Å². The maximum Gasteiger partial charge on any atom is 0.494 e. The van der Waals surface area contributed by atoms with Crippen LogP contribution in [0.1, 0.15) is 51.8 Å². The lowest BCUT2D eigenvalue weighted by Gasteiger charge is -2.32. The van der Waals surface area contributed by atoms with Gasteiger partial charge in [-0.1, -0.05) is 54.6 Å². The molecular weight excluding hydrogens is 325 g/mol. The largest absolute Gasteiger partial charge is 0.494 e. The van der Waals surface area contributed by atoms with Crippen LogP contribution in [0.3, 0.4) is 0 Å². The van der Waals surface area contributed by atoms with E-state index in [9.17, 15) is 4.79 Å². The van der Waals surface area contributed by atoms with Crippen molar-refractivity contribution in [3.63, 3.8) is 0 Å². The van der Waals surface area contributed by atoms with Crippen LogP contribution < -0.4 is 10.8 Å². The lowest BCUT2D eigenvalue weighted by atomic mass is 9.78. The first kappa shape index (κ1) is 18.7. The Balaban J connectivity index is 1.85. The highest BCUT2D eigenvalue weighted by Gasteiger charge is 2.51. The summed E-state index contributed by atoms with van der Waals surface area (Å²) in [6.45, 7) is 9.72. The zero-order chi connectivity index (χ0) is 18.9. The smallest absolute Gasteiger partial charge is 0.399 e. The van der Waals surface area contributed by atoms with Gasteiger partial charge in [-0.3, -0.25) is 4.79 Å². The zero-order valence-corrected chi connectivity index (χ0v) is 16.1. The minimum Gasteiger partial charge on any atom is -0.399 e. The molecule has 0 saturated carbocycles. The number of hydrogen-bond acceptors (Lipinski definition) is 3. The van der Waals surface area contributed by atoms with Gasteiger partial charge in [0.25, 0.3) is 0 Å². The van der Waals surface area contributed by atoms with Crippen molar-refractivity contribution < 1.29 is 14.1 Å². The van der Waals surface area contributed by atoms with Gasteiger partial charge in [-0.15, -0.1) is 0 Å². The summed E-state index contributed by atoms with van der Waals surface area (Å²) >= 11 is 0. The van der Waals surface area contributed by atoms with Crippen molar-refractivity contribution in [2.75, 3.05) is 0 Å². The van der Waals surface area contributed by atoms with Gasteiger partial charge in [-0.25, -0.2) is 0 Å². The fourth-order valence-corrected chi connectivity index (χ4v) is 3.03. The molecule has 1 atom stereocenters. The first-order valence-electron chi connectivity index (χ1n) is 8.97. The molecule has 1 aliphatic heterocycles. The monoisotopic (exact) mass is 351 g/mol. The van der Waals surface area contributed by atoms with Gasteiger partial charge >= 0.3 is 7.12 Å². The van der Waals surface area contributed by atoms with Crippen molar-refractivity contribution in [2.24, 2.45) is 0 Å². The van der Waals surface area contributed by atoms with E-state index in [0.29, 0.717) is 0 Å². The van der Waals surface area contributed by atoms with Crippen molar-refractivity contribution in [3.05, 3.63) is 65.7 Å². The molecule has 2 aromatic rings. The molecule has 136 valence electrons. The molecule has 0 aromatic heterocycles. The molecule has 26 heavy (non-hydrogen) atoms. The molecule has 0 aliphatic carbocycles.